The van der Waals surface area contributed by atoms with E-state index in [1.165, 1.54) is 11.8 Å². The van der Waals surface area contributed by atoms with Crippen molar-refractivity contribution in [3.05, 3.63) is 24.3 Å². The monoisotopic (exact) mass is 426 g/mol. The summed E-state index contributed by atoms with van der Waals surface area (Å²) in [6.45, 7) is 7.83. The van der Waals surface area contributed by atoms with Crippen molar-refractivity contribution in [3.8, 4) is 0 Å². The van der Waals surface area contributed by atoms with Crippen LogP contribution in [-0.4, -0.2) is 40.4 Å². The number of halogens is 1. The van der Waals surface area contributed by atoms with Gasteiger partial charge in [-0.2, -0.15) is 0 Å². The standard InChI is InChI=1S/C20H26N2O4S.ClH/c1-5-19(3,4)20(16(23)25-6-2)11-13(26-17(20)24)12-27-18-21-14-9-7-8-10-15(14)22-18;/h7-10,13H,5-6,11-12H2,1-4H3,(H,21,22);1H. The van der Waals surface area contributed by atoms with Crippen LogP contribution in [0.4, 0.5) is 0 Å². The van der Waals surface area contributed by atoms with Crippen LogP contribution in [0.5, 0.6) is 0 Å². The average Bonchev–Trinajstić information content (AvgIpc) is 3.21. The minimum absolute atomic E-state index is 0. The predicted octanol–water partition coefficient (Wildman–Crippen LogP) is 4.38. The molecule has 0 spiro atoms. The topological polar surface area (TPSA) is 81.3 Å². The Morgan fingerprint density at radius 2 is 2.11 bits per heavy atom. The van der Waals surface area contributed by atoms with Crippen LogP contribution >= 0.6 is 24.2 Å². The number of aromatic nitrogens is 2. The second-order valence-electron chi connectivity index (χ2n) is 7.46. The van der Waals surface area contributed by atoms with Gasteiger partial charge in [0.15, 0.2) is 10.6 Å². The Balaban J connectivity index is 0.00000280. The molecular formula is C20H27ClN2O4S. The van der Waals surface area contributed by atoms with Crippen LogP contribution < -0.4 is 0 Å². The zero-order valence-corrected chi connectivity index (χ0v) is 18.2. The number of carbonyl (C=O) groups is 2. The number of fused-ring (bicyclic) bond motifs is 1. The Hall–Kier alpha value is -1.73. The number of benzene rings is 1. The van der Waals surface area contributed by atoms with Gasteiger partial charge >= 0.3 is 11.9 Å². The summed E-state index contributed by atoms with van der Waals surface area (Å²) in [6, 6.07) is 7.81. The van der Waals surface area contributed by atoms with Gasteiger partial charge in [0, 0.05) is 12.2 Å². The van der Waals surface area contributed by atoms with E-state index in [4.69, 9.17) is 9.47 Å². The average molecular weight is 427 g/mol. The summed E-state index contributed by atoms with van der Waals surface area (Å²) in [6.07, 6.45) is 0.647. The first kappa shape index (κ1) is 22.6. The van der Waals surface area contributed by atoms with Crippen LogP contribution in [0.15, 0.2) is 29.4 Å². The number of H-pyrrole nitrogens is 1. The normalized spacial score (nSPS) is 22.0. The largest absolute Gasteiger partial charge is 0.465 e. The zero-order valence-electron chi connectivity index (χ0n) is 16.6. The van der Waals surface area contributed by atoms with Gasteiger partial charge in [-0.25, -0.2) is 4.98 Å². The maximum atomic E-state index is 12.8. The van der Waals surface area contributed by atoms with Crippen molar-refractivity contribution in [2.75, 3.05) is 12.4 Å². The molecule has 0 aliphatic carbocycles. The highest BCUT2D eigenvalue weighted by Crippen LogP contribution is 2.51. The third-order valence-corrected chi connectivity index (χ3v) is 6.60. The Morgan fingerprint density at radius 1 is 1.39 bits per heavy atom. The number of aromatic amines is 1. The maximum Gasteiger partial charge on any atom is 0.324 e. The number of cyclic esters (lactones) is 1. The second-order valence-corrected chi connectivity index (χ2v) is 8.47. The number of hydrogen-bond acceptors (Lipinski definition) is 6. The molecule has 3 rings (SSSR count). The molecule has 1 aliphatic heterocycles. The molecule has 1 saturated heterocycles. The number of hydrogen-bond donors (Lipinski definition) is 1. The van der Waals surface area contributed by atoms with E-state index in [-0.39, 0.29) is 25.1 Å². The molecule has 28 heavy (non-hydrogen) atoms. The second kappa shape index (κ2) is 8.74. The molecule has 2 unspecified atom stereocenters. The highest BCUT2D eigenvalue weighted by Gasteiger charge is 2.63. The van der Waals surface area contributed by atoms with Crippen LogP contribution in [0.25, 0.3) is 11.0 Å². The third kappa shape index (κ3) is 3.87. The van der Waals surface area contributed by atoms with Gasteiger partial charge in [0.05, 0.1) is 17.6 Å². The van der Waals surface area contributed by atoms with E-state index in [1.807, 2.05) is 45.0 Å². The Kier molecular flexibility index (Phi) is 7.04. The SMILES string of the molecule is CCOC(=O)C1(C(C)(C)CC)CC(CSc2nc3ccccc3[nH]2)OC1=O.Cl. The molecule has 0 saturated carbocycles. The van der Waals surface area contributed by atoms with Crippen LogP contribution in [0, 0.1) is 10.8 Å². The Bertz CT molecular complexity index is 821. The summed E-state index contributed by atoms with van der Waals surface area (Å²) >= 11 is 1.49. The molecule has 1 aromatic carbocycles. The van der Waals surface area contributed by atoms with Crippen LogP contribution in [0.3, 0.4) is 0 Å². The molecule has 8 heteroatoms. The summed E-state index contributed by atoms with van der Waals surface area (Å²) < 4.78 is 10.9. The van der Waals surface area contributed by atoms with Crippen molar-refractivity contribution in [2.45, 2.75) is 51.8 Å². The fourth-order valence-corrected chi connectivity index (χ4v) is 4.41. The van der Waals surface area contributed by atoms with Gasteiger partial charge in [-0.1, -0.05) is 44.7 Å². The first-order valence-corrected chi connectivity index (χ1v) is 10.3. The number of thioether (sulfide) groups is 1. The molecule has 0 bridgehead atoms. The van der Waals surface area contributed by atoms with E-state index in [2.05, 4.69) is 9.97 Å². The number of carbonyl (C=O) groups excluding carboxylic acids is 2. The molecule has 0 radical (unpaired) electrons. The molecule has 2 aromatic rings. The Morgan fingerprint density at radius 3 is 2.75 bits per heavy atom. The van der Waals surface area contributed by atoms with Crippen molar-refractivity contribution in [1.82, 2.24) is 9.97 Å². The Labute approximate surface area is 175 Å². The van der Waals surface area contributed by atoms with E-state index < -0.39 is 22.8 Å². The fraction of sp³-hybridized carbons (Fsp3) is 0.550. The number of nitrogens with zero attached hydrogens (tertiary/aromatic N) is 1. The summed E-state index contributed by atoms with van der Waals surface area (Å²) in [5.74, 6) is -0.409. The fourth-order valence-electron chi connectivity index (χ4n) is 3.53. The van der Waals surface area contributed by atoms with E-state index >= 15 is 0 Å². The lowest BCUT2D eigenvalue weighted by Crippen LogP contribution is -2.49. The lowest BCUT2D eigenvalue weighted by atomic mass is 9.62. The number of ether oxygens (including phenoxy) is 2. The molecule has 0 amide bonds. The van der Waals surface area contributed by atoms with Gasteiger partial charge < -0.3 is 14.5 Å². The lowest BCUT2D eigenvalue weighted by Gasteiger charge is -2.38. The molecular weight excluding hydrogens is 400 g/mol. The molecule has 1 N–H and O–H groups in total. The van der Waals surface area contributed by atoms with Crippen molar-refractivity contribution < 1.29 is 19.1 Å². The summed E-state index contributed by atoms with van der Waals surface area (Å²) in [5, 5.41) is 0.774. The molecule has 1 aromatic heterocycles. The van der Waals surface area contributed by atoms with Gasteiger partial charge in [0.25, 0.3) is 0 Å². The zero-order chi connectivity index (χ0) is 19.7. The quantitative estimate of drug-likeness (QED) is 0.402. The van der Waals surface area contributed by atoms with Crippen LogP contribution in [0.2, 0.25) is 0 Å². The number of nitrogens with one attached hydrogen (secondary N) is 1. The molecule has 2 atom stereocenters. The third-order valence-electron chi connectivity index (χ3n) is 5.59. The molecule has 6 nitrogen and oxygen atoms in total. The lowest BCUT2D eigenvalue weighted by molar-refractivity contribution is -0.173. The van der Waals surface area contributed by atoms with Gasteiger partial charge in [-0.3, -0.25) is 9.59 Å². The highest BCUT2D eigenvalue weighted by molar-refractivity contribution is 7.99. The van der Waals surface area contributed by atoms with E-state index in [0.717, 1.165) is 16.2 Å². The van der Waals surface area contributed by atoms with Crippen molar-refractivity contribution in [1.29, 1.82) is 0 Å². The van der Waals surface area contributed by atoms with E-state index in [0.29, 0.717) is 18.6 Å². The van der Waals surface area contributed by atoms with E-state index in [9.17, 15) is 9.59 Å². The minimum Gasteiger partial charge on any atom is -0.465 e. The smallest absolute Gasteiger partial charge is 0.324 e. The number of imidazole rings is 1. The van der Waals surface area contributed by atoms with Crippen LogP contribution in [0.1, 0.15) is 40.5 Å². The first-order chi connectivity index (χ1) is 12.8. The van der Waals surface area contributed by atoms with E-state index in [1.54, 1.807) is 6.92 Å². The number of esters is 2. The van der Waals surface area contributed by atoms with Gasteiger partial charge in [-0.05, 0) is 30.9 Å². The summed E-state index contributed by atoms with van der Waals surface area (Å²) in [5.41, 5.74) is 0.0687. The maximum absolute atomic E-state index is 12.8. The van der Waals surface area contributed by atoms with Crippen molar-refractivity contribution >= 4 is 47.1 Å². The van der Waals surface area contributed by atoms with Gasteiger partial charge in [0.1, 0.15) is 6.10 Å². The summed E-state index contributed by atoms with van der Waals surface area (Å²) in [4.78, 5) is 33.4. The molecule has 1 aliphatic rings. The van der Waals surface area contributed by atoms with Gasteiger partial charge in [0.2, 0.25) is 0 Å². The number of para-hydroxylation sites is 2. The molecule has 2 heterocycles. The van der Waals surface area contributed by atoms with Crippen molar-refractivity contribution in [3.63, 3.8) is 0 Å². The predicted molar refractivity (Wildman–Crippen MR) is 112 cm³/mol. The van der Waals surface area contributed by atoms with Crippen LogP contribution in [-0.2, 0) is 19.1 Å². The highest BCUT2D eigenvalue weighted by atomic mass is 35.5. The van der Waals surface area contributed by atoms with Gasteiger partial charge in [-0.15, -0.1) is 12.4 Å². The molecule has 1 fully saturated rings. The minimum atomic E-state index is -1.25. The first-order valence-electron chi connectivity index (χ1n) is 9.30. The molecule has 154 valence electrons. The summed E-state index contributed by atoms with van der Waals surface area (Å²) in [7, 11) is 0. The van der Waals surface area contributed by atoms with Crippen molar-refractivity contribution in [2.24, 2.45) is 10.8 Å². The number of rotatable bonds is 7.